The first-order chi connectivity index (χ1) is 10.3. The Balaban J connectivity index is 0.00000176. The average Bonchev–Trinajstić information content (AvgIpc) is 2.91. The third kappa shape index (κ3) is 4.34. The summed E-state index contributed by atoms with van der Waals surface area (Å²) in [6.45, 7) is 2.04. The largest absolute Gasteiger partial charge is 0.351 e. The topological polar surface area (TPSA) is 32.7 Å². The number of carbonyl (C=O) groups excluding carboxylic acids is 1. The third-order valence-electron chi connectivity index (χ3n) is 3.57. The van der Waals surface area contributed by atoms with Gasteiger partial charge in [-0.3, -0.25) is 4.79 Å². The first-order valence-electron chi connectivity index (χ1n) is 7.32. The Hall–Kier alpha value is -1.33. The minimum Gasteiger partial charge on any atom is -0.351 e. The first-order valence-corrected chi connectivity index (χ1v) is 8.14. The summed E-state index contributed by atoms with van der Waals surface area (Å²) < 4.78 is 0. The van der Waals surface area contributed by atoms with Crippen molar-refractivity contribution in [3.05, 3.63) is 53.0 Å². The van der Waals surface area contributed by atoms with E-state index in [4.69, 9.17) is 0 Å². The molecular formula is C17H19BrN2OS. The van der Waals surface area contributed by atoms with E-state index in [1.807, 2.05) is 48.6 Å². The Morgan fingerprint density at radius 3 is 2.55 bits per heavy atom. The number of hydrogen-bond acceptors (Lipinski definition) is 3. The van der Waals surface area contributed by atoms with Crippen LogP contribution >= 0.6 is 28.7 Å². The Labute approximate surface area is 146 Å². The van der Waals surface area contributed by atoms with Gasteiger partial charge >= 0.3 is 0 Å². The van der Waals surface area contributed by atoms with Gasteiger partial charge in [0.2, 0.25) is 0 Å². The van der Waals surface area contributed by atoms with E-state index in [-0.39, 0.29) is 22.9 Å². The fourth-order valence-electron chi connectivity index (χ4n) is 2.44. The number of likely N-dealkylation sites (tertiary alicyclic amines) is 1. The molecule has 1 aromatic carbocycles. The quantitative estimate of drug-likeness (QED) is 0.720. The van der Waals surface area contributed by atoms with Crippen LogP contribution < -0.4 is 0 Å². The fraction of sp³-hybridized carbons (Fsp3) is 0.294. The van der Waals surface area contributed by atoms with Crippen LogP contribution in [0.15, 0.2) is 52.4 Å². The normalized spacial score (nSPS) is 20.4. The molecule has 0 aromatic heterocycles. The van der Waals surface area contributed by atoms with Crippen molar-refractivity contribution < 1.29 is 4.79 Å². The number of aliphatic imine (C=N–C) groups is 1. The standard InChI is InChI=1S/C17H18N2OS.BrH/c20-16-15(11-7-10-14-8-3-1-4-9-14)21-17(18-16)19-12-5-2-6-13-19;/h1,3-4,7-11H,2,5-6,12-13H2;1H. The van der Waals surface area contributed by atoms with E-state index in [2.05, 4.69) is 9.89 Å². The summed E-state index contributed by atoms with van der Waals surface area (Å²) in [5, 5.41) is 0.874. The minimum absolute atomic E-state index is 0. The van der Waals surface area contributed by atoms with Gasteiger partial charge in [-0.15, -0.1) is 17.0 Å². The molecule has 22 heavy (non-hydrogen) atoms. The summed E-state index contributed by atoms with van der Waals surface area (Å²) in [7, 11) is 0. The van der Waals surface area contributed by atoms with Crippen molar-refractivity contribution in [3.63, 3.8) is 0 Å². The van der Waals surface area contributed by atoms with Crippen molar-refractivity contribution in [2.45, 2.75) is 19.3 Å². The van der Waals surface area contributed by atoms with E-state index in [9.17, 15) is 4.79 Å². The molecule has 0 radical (unpaired) electrons. The van der Waals surface area contributed by atoms with E-state index in [1.54, 1.807) is 0 Å². The van der Waals surface area contributed by atoms with Gasteiger partial charge in [-0.05, 0) is 42.7 Å². The van der Waals surface area contributed by atoms with Crippen LogP contribution in [-0.2, 0) is 4.79 Å². The van der Waals surface area contributed by atoms with E-state index in [0.717, 1.165) is 23.8 Å². The number of rotatable bonds is 2. The zero-order valence-electron chi connectivity index (χ0n) is 12.3. The highest BCUT2D eigenvalue weighted by atomic mass is 79.9. The van der Waals surface area contributed by atoms with Crippen molar-refractivity contribution in [2.24, 2.45) is 4.99 Å². The van der Waals surface area contributed by atoms with E-state index in [1.165, 1.54) is 31.0 Å². The van der Waals surface area contributed by atoms with Gasteiger partial charge in [0, 0.05) is 13.1 Å². The van der Waals surface area contributed by atoms with Gasteiger partial charge in [0.1, 0.15) is 0 Å². The van der Waals surface area contributed by atoms with Crippen molar-refractivity contribution >= 4 is 45.9 Å². The maximum Gasteiger partial charge on any atom is 0.286 e. The molecule has 1 fully saturated rings. The van der Waals surface area contributed by atoms with Gasteiger partial charge in [0.25, 0.3) is 5.91 Å². The van der Waals surface area contributed by atoms with Gasteiger partial charge in [-0.1, -0.05) is 42.5 Å². The van der Waals surface area contributed by atoms with E-state index in [0.29, 0.717) is 4.91 Å². The fourth-order valence-corrected chi connectivity index (χ4v) is 3.36. The molecule has 1 amide bonds. The molecule has 0 N–H and O–H groups in total. The van der Waals surface area contributed by atoms with Crippen molar-refractivity contribution in [2.75, 3.05) is 13.1 Å². The number of hydrogen-bond donors (Lipinski definition) is 0. The van der Waals surface area contributed by atoms with Crippen LogP contribution in [-0.4, -0.2) is 29.1 Å². The van der Waals surface area contributed by atoms with Crippen LogP contribution in [0.3, 0.4) is 0 Å². The second kappa shape index (κ2) is 8.34. The summed E-state index contributed by atoms with van der Waals surface area (Å²) >= 11 is 1.50. The number of carbonyl (C=O) groups is 1. The minimum atomic E-state index is -0.113. The van der Waals surface area contributed by atoms with Crippen LogP contribution in [0.1, 0.15) is 24.8 Å². The predicted octanol–water partition coefficient (Wildman–Crippen LogP) is 4.28. The SMILES string of the molecule is Br.O=C1N=C(N2CCCCC2)SC1=CC=Cc1ccccc1. The zero-order chi connectivity index (χ0) is 14.5. The Bertz CT molecular complexity index is 604. The van der Waals surface area contributed by atoms with E-state index >= 15 is 0 Å². The second-order valence-corrected chi connectivity index (χ2v) is 6.16. The Morgan fingerprint density at radius 1 is 1.09 bits per heavy atom. The summed E-state index contributed by atoms with van der Waals surface area (Å²) in [6, 6.07) is 10.1. The number of amidine groups is 1. The number of benzene rings is 1. The molecule has 1 aromatic rings. The number of allylic oxidation sites excluding steroid dienone is 2. The number of nitrogens with zero attached hydrogens (tertiary/aromatic N) is 2. The molecule has 0 unspecified atom stereocenters. The molecule has 0 atom stereocenters. The molecular weight excluding hydrogens is 360 g/mol. The van der Waals surface area contributed by atoms with Crippen LogP contribution in [0.5, 0.6) is 0 Å². The highest BCUT2D eigenvalue weighted by molar-refractivity contribution is 8.93. The molecule has 116 valence electrons. The molecule has 0 bridgehead atoms. The molecule has 0 saturated carbocycles. The van der Waals surface area contributed by atoms with Crippen LogP contribution in [0.25, 0.3) is 6.08 Å². The molecule has 3 nitrogen and oxygen atoms in total. The number of piperidine rings is 1. The first kappa shape index (κ1) is 17.0. The lowest BCUT2D eigenvalue weighted by molar-refractivity contribution is -0.113. The molecule has 2 aliphatic rings. The molecule has 2 aliphatic heterocycles. The lowest BCUT2D eigenvalue weighted by Gasteiger charge is -2.27. The highest BCUT2D eigenvalue weighted by Crippen LogP contribution is 2.29. The number of thioether (sulfide) groups is 1. The molecule has 5 heteroatoms. The second-order valence-electron chi connectivity index (χ2n) is 5.15. The van der Waals surface area contributed by atoms with Crippen LogP contribution in [0.4, 0.5) is 0 Å². The van der Waals surface area contributed by atoms with E-state index < -0.39 is 0 Å². The van der Waals surface area contributed by atoms with Crippen LogP contribution in [0.2, 0.25) is 0 Å². The van der Waals surface area contributed by atoms with Crippen LogP contribution in [0, 0.1) is 0 Å². The number of halogens is 1. The maximum absolute atomic E-state index is 11.9. The smallest absolute Gasteiger partial charge is 0.286 e. The summed E-state index contributed by atoms with van der Waals surface area (Å²) in [5.41, 5.74) is 1.13. The Kier molecular flexibility index (Phi) is 6.46. The van der Waals surface area contributed by atoms with Crippen molar-refractivity contribution in [3.8, 4) is 0 Å². The predicted molar refractivity (Wildman–Crippen MR) is 99.3 cm³/mol. The monoisotopic (exact) mass is 378 g/mol. The van der Waals surface area contributed by atoms with Gasteiger partial charge in [0.05, 0.1) is 4.91 Å². The summed E-state index contributed by atoms with van der Waals surface area (Å²) in [6.07, 6.45) is 9.46. The lowest BCUT2D eigenvalue weighted by Crippen LogP contribution is -2.33. The molecule has 0 spiro atoms. The molecule has 0 aliphatic carbocycles. The summed E-state index contributed by atoms with van der Waals surface area (Å²) in [4.78, 5) is 19.1. The average molecular weight is 379 g/mol. The molecule has 1 saturated heterocycles. The van der Waals surface area contributed by atoms with Gasteiger partial charge < -0.3 is 4.90 Å². The Morgan fingerprint density at radius 2 is 1.82 bits per heavy atom. The highest BCUT2D eigenvalue weighted by Gasteiger charge is 2.26. The third-order valence-corrected chi connectivity index (χ3v) is 4.63. The van der Waals surface area contributed by atoms with Gasteiger partial charge in [0.15, 0.2) is 5.17 Å². The van der Waals surface area contributed by atoms with Crippen molar-refractivity contribution in [1.29, 1.82) is 0 Å². The summed E-state index contributed by atoms with van der Waals surface area (Å²) in [5.74, 6) is -0.113. The number of amides is 1. The molecule has 3 rings (SSSR count). The van der Waals surface area contributed by atoms with Gasteiger partial charge in [-0.2, -0.15) is 4.99 Å². The maximum atomic E-state index is 11.9. The zero-order valence-corrected chi connectivity index (χ0v) is 14.8. The van der Waals surface area contributed by atoms with Gasteiger partial charge in [-0.25, -0.2) is 0 Å². The lowest BCUT2D eigenvalue weighted by atomic mass is 10.1. The van der Waals surface area contributed by atoms with Crippen molar-refractivity contribution in [1.82, 2.24) is 4.90 Å². The molecule has 2 heterocycles.